The number of thiazole rings is 1. The largest absolute Gasteiger partial charge is 0.455 e. The monoisotopic (exact) mass is 408 g/mol. The Morgan fingerprint density at radius 1 is 1.07 bits per heavy atom. The van der Waals surface area contributed by atoms with Gasteiger partial charge in [0.2, 0.25) is 0 Å². The van der Waals surface area contributed by atoms with E-state index in [1.165, 1.54) is 4.90 Å². The molecule has 3 aromatic rings. The molecule has 1 fully saturated rings. The predicted octanol–water partition coefficient (Wildman–Crippen LogP) is 4.78. The minimum Gasteiger partial charge on any atom is -0.455 e. The summed E-state index contributed by atoms with van der Waals surface area (Å²) in [5, 5.41) is 1.00. The molecule has 29 heavy (non-hydrogen) atoms. The van der Waals surface area contributed by atoms with Crippen molar-refractivity contribution in [2.75, 3.05) is 18.6 Å². The topological polar surface area (TPSA) is 59.5 Å². The quantitative estimate of drug-likeness (QED) is 0.570. The van der Waals surface area contributed by atoms with E-state index >= 15 is 0 Å². The fraction of sp³-hybridized carbons (Fsp3) is 0.348. The third kappa shape index (κ3) is 4.32. The molecule has 0 radical (unpaired) electrons. The Morgan fingerprint density at radius 2 is 1.79 bits per heavy atom. The molecule has 1 aliphatic rings. The zero-order valence-electron chi connectivity index (χ0n) is 16.4. The minimum absolute atomic E-state index is 0.0654. The summed E-state index contributed by atoms with van der Waals surface area (Å²) in [5.41, 5.74) is 1.75. The second-order valence-corrected chi connectivity index (χ2v) is 8.48. The third-order valence-corrected chi connectivity index (χ3v) is 6.72. The minimum atomic E-state index is -0.288. The van der Waals surface area contributed by atoms with Crippen molar-refractivity contribution in [3.63, 3.8) is 0 Å². The van der Waals surface area contributed by atoms with Crippen LogP contribution in [0, 0.1) is 5.92 Å². The van der Waals surface area contributed by atoms with Gasteiger partial charge in [-0.3, -0.25) is 9.59 Å². The van der Waals surface area contributed by atoms with E-state index in [9.17, 15) is 9.59 Å². The Balaban J connectivity index is 1.43. The molecule has 0 spiro atoms. The van der Waals surface area contributed by atoms with Gasteiger partial charge in [-0.2, -0.15) is 0 Å². The number of hydrogen-bond donors (Lipinski definition) is 0. The highest BCUT2D eigenvalue weighted by Crippen LogP contribution is 2.41. The molecule has 6 heteroatoms. The van der Waals surface area contributed by atoms with Crippen LogP contribution in [0.2, 0.25) is 0 Å². The maximum absolute atomic E-state index is 12.8. The predicted molar refractivity (Wildman–Crippen MR) is 115 cm³/mol. The molecule has 1 aliphatic carbocycles. The average Bonchev–Trinajstić information content (AvgIpc) is 3.21. The van der Waals surface area contributed by atoms with Gasteiger partial charge in [0.15, 0.2) is 6.61 Å². The lowest BCUT2D eigenvalue weighted by atomic mass is 9.79. The van der Waals surface area contributed by atoms with E-state index in [2.05, 4.69) is 6.07 Å². The number of nitrogens with zero attached hydrogens (tertiary/aromatic N) is 2. The van der Waals surface area contributed by atoms with Gasteiger partial charge in [0.1, 0.15) is 0 Å². The third-order valence-electron chi connectivity index (χ3n) is 5.55. The zero-order chi connectivity index (χ0) is 20.2. The van der Waals surface area contributed by atoms with Crippen LogP contribution in [0.3, 0.4) is 0 Å². The van der Waals surface area contributed by atoms with E-state index in [0.29, 0.717) is 0 Å². The highest BCUT2D eigenvalue weighted by Gasteiger charge is 2.35. The summed E-state index contributed by atoms with van der Waals surface area (Å²) in [4.78, 5) is 31.6. The van der Waals surface area contributed by atoms with Crippen LogP contribution in [0.25, 0.3) is 10.2 Å². The molecule has 1 aromatic heterocycles. The van der Waals surface area contributed by atoms with Gasteiger partial charge in [-0.05, 0) is 37.1 Å². The number of anilines is 1. The summed E-state index contributed by atoms with van der Waals surface area (Å²) in [7, 11) is 1.69. The van der Waals surface area contributed by atoms with Crippen LogP contribution in [0.5, 0.6) is 0 Å². The van der Waals surface area contributed by atoms with Gasteiger partial charge in [0, 0.05) is 18.7 Å². The molecule has 0 N–H and O–H groups in total. The van der Waals surface area contributed by atoms with Crippen LogP contribution in [-0.4, -0.2) is 30.5 Å². The smallest absolute Gasteiger partial charge is 0.310 e. The fourth-order valence-corrected chi connectivity index (χ4v) is 5.06. The fourth-order valence-electron chi connectivity index (χ4n) is 3.89. The van der Waals surface area contributed by atoms with Gasteiger partial charge >= 0.3 is 5.97 Å². The van der Waals surface area contributed by atoms with Crippen LogP contribution in [0.15, 0.2) is 54.6 Å². The molecule has 2 atom stereocenters. The van der Waals surface area contributed by atoms with Gasteiger partial charge in [0.05, 0.1) is 21.1 Å². The zero-order valence-corrected chi connectivity index (χ0v) is 17.2. The van der Waals surface area contributed by atoms with Crippen LogP contribution in [0.1, 0.15) is 36.6 Å². The number of hydrogen-bond acceptors (Lipinski definition) is 5. The van der Waals surface area contributed by atoms with Crippen LogP contribution in [0.4, 0.5) is 5.69 Å². The Kier molecular flexibility index (Phi) is 5.90. The Labute approximate surface area is 174 Å². The SMILES string of the molecule is CN(C(=O)COC(=O)[C@@H]1CCCC[C@H]1c1nc2ccccc2s1)c1ccccc1. The number of ether oxygens (including phenoxy) is 1. The first-order valence-electron chi connectivity index (χ1n) is 9.97. The molecule has 0 bridgehead atoms. The Bertz CT molecular complexity index is 969. The highest BCUT2D eigenvalue weighted by atomic mass is 32.1. The maximum Gasteiger partial charge on any atom is 0.310 e. The first-order chi connectivity index (χ1) is 14.1. The summed E-state index contributed by atoms with van der Waals surface area (Å²) in [5.74, 6) is -0.699. The lowest BCUT2D eigenvalue weighted by Crippen LogP contribution is -2.34. The number of fused-ring (bicyclic) bond motifs is 1. The molecule has 5 nitrogen and oxygen atoms in total. The number of carbonyl (C=O) groups excluding carboxylic acids is 2. The molecular formula is C23H24N2O3S. The molecule has 150 valence electrons. The summed E-state index contributed by atoms with van der Waals surface area (Å²) >= 11 is 1.66. The van der Waals surface area contributed by atoms with Crippen molar-refractivity contribution in [1.29, 1.82) is 0 Å². The van der Waals surface area contributed by atoms with Crippen LogP contribution < -0.4 is 4.90 Å². The van der Waals surface area contributed by atoms with Crippen molar-refractivity contribution in [3.05, 3.63) is 59.6 Å². The number of carbonyl (C=O) groups is 2. The van der Waals surface area contributed by atoms with Gasteiger partial charge in [0.25, 0.3) is 5.91 Å². The van der Waals surface area contributed by atoms with E-state index in [4.69, 9.17) is 9.72 Å². The number of amides is 1. The Hall–Kier alpha value is -2.73. The van der Waals surface area contributed by atoms with E-state index in [1.54, 1.807) is 18.4 Å². The van der Waals surface area contributed by atoms with E-state index in [1.807, 2.05) is 48.5 Å². The second-order valence-electron chi connectivity index (χ2n) is 7.41. The normalized spacial score (nSPS) is 19.1. The number of benzene rings is 2. The van der Waals surface area contributed by atoms with Crippen molar-refractivity contribution in [2.24, 2.45) is 5.92 Å². The van der Waals surface area contributed by atoms with E-state index in [-0.39, 0.29) is 30.3 Å². The summed E-state index contributed by atoms with van der Waals surface area (Å²) in [6.45, 7) is -0.243. The number of esters is 1. The molecule has 0 aliphatic heterocycles. The van der Waals surface area contributed by atoms with Crippen molar-refractivity contribution >= 4 is 39.1 Å². The standard InChI is InChI=1S/C23H24N2O3S/c1-25(16-9-3-2-4-10-16)21(26)15-28-23(27)18-12-6-5-11-17(18)22-24-19-13-7-8-14-20(19)29-22/h2-4,7-10,13-14,17-18H,5-6,11-12,15H2,1H3/t17-,18-/m1/s1. The Morgan fingerprint density at radius 3 is 2.59 bits per heavy atom. The average molecular weight is 409 g/mol. The van der Waals surface area contributed by atoms with E-state index < -0.39 is 0 Å². The number of aromatic nitrogens is 1. The molecule has 4 rings (SSSR count). The first kappa shape index (κ1) is 19.6. The van der Waals surface area contributed by atoms with Crippen molar-refractivity contribution in [3.8, 4) is 0 Å². The van der Waals surface area contributed by atoms with Gasteiger partial charge in [-0.1, -0.05) is 43.2 Å². The molecule has 2 aromatic carbocycles. The lowest BCUT2D eigenvalue weighted by molar-refractivity contribution is -0.153. The maximum atomic E-state index is 12.8. The number of likely N-dealkylation sites (N-methyl/N-ethyl adjacent to an activating group) is 1. The molecule has 1 saturated carbocycles. The summed E-state index contributed by atoms with van der Waals surface area (Å²) < 4.78 is 6.60. The number of rotatable bonds is 5. The van der Waals surface area contributed by atoms with Crippen molar-refractivity contribution in [1.82, 2.24) is 4.98 Å². The first-order valence-corrected chi connectivity index (χ1v) is 10.8. The summed E-state index contributed by atoms with van der Waals surface area (Å²) in [6.07, 6.45) is 3.79. The molecule has 1 heterocycles. The van der Waals surface area contributed by atoms with Crippen LogP contribution in [-0.2, 0) is 14.3 Å². The molecule has 0 unspecified atom stereocenters. The lowest BCUT2D eigenvalue weighted by Gasteiger charge is -2.28. The van der Waals surface area contributed by atoms with Gasteiger partial charge in [-0.15, -0.1) is 11.3 Å². The van der Waals surface area contributed by atoms with Crippen molar-refractivity contribution < 1.29 is 14.3 Å². The van der Waals surface area contributed by atoms with E-state index in [0.717, 1.165) is 46.6 Å². The molecule has 0 saturated heterocycles. The van der Waals surface area contributed by atoms with Gasteiger partial charge in [-0.25, -0.2) is 4.98 Å². The van der Waals surface area contributed by atoms with Crippen molar-refractivity contribution in [2.45, 2.75) is 31.6 Å². The van der Waals surface area contributed by atoms with Gasteiger partial charge < -0.3 is 9.64 Å². The molecule has 1 amide bonds. The summed E-state index contributed by atoms with van der Waals surface area (Å²) in [6, 6.07) is 17.4. The van der Waals surface area contributed by atoms with Crippen LogP contribution >= 0.6 is 11.3 Å². The highest BCUT2D eigenvalue weighted by molar-refractivity contribution is 7.18. The molecular weight excluding hydrogens is 384 g/mol. The number of para-hydroxylation sites is 2. The second kappa shape index (κ2) is 8.74.